The number of rotatable bonds is 4. The van der Waals surface area contributed by atoms with E-state index < -0.39 is 11.0 Å². The zero-order chi connectivity index (χ0) is 11.4. The maximum Gasteiger partial charge on any atom is 0.313 e. The van der Waals surface area contributed by atoms with Gasteiger partial charge in [0.1, 0.15) is 6.61 Å². The van der Waals surface area contributed by atoms with E-state index >= 15 is 0 Å². The molecule has 0 saturated heterocycles. The number of benzene rings is 1. The van der Waals surface area contributed by atoms with Crippen LogP contribution in [0.25, 0.3) is 0 Å². The third kappa shape index (κ3) is 2.92. The van der Waals surface area contributed by atoms with Crippen LogP contribution in [0.5, 0.6) is 5.75 Å². The van der Waals surface area contributed by atoms with Crippen LogP contribution in [0.1, 0.15) is 12.5 Å². The normalized spacial score (nSPS) is 12.2. The number of nitro benzene ring substituents is 1. The SMILES string of the molecule is Cc1cccc(OC[C@H](C)O)c1[N+](=O)[O-]. The van der Waals surface area contributed by atoms with Gasteiger partial charge in [0.05, 0.1) is 11.0 Å². The summed E-state index contributed by atoms with van der Waals surface area (Å²) in [7, 11) is 0. The lowest BCUT2D eigenvalue weighted by molar-refractivity contribution is -0.386. The van der Waals surface area contributed by atoms with Gasteiger partial charge in [0.15, 0.2) is 5.75 Å². The van der Waals surface area contributed by atoms with E-state index in [-0.39, 0.29) is 18.0 Å². The fraction of sp³-hybridized carbons (Fsp3) is 0.400. The average Bonchev–Trinajstić information content (AvgIpc) is 2.13. The van der Waals surface area contributed by atoms with Crippen molar-refractivity contribution in [2.45, 2.75) is 20.0 Å². The largest absolute Gasteiger partial charge is 0.484 e. The summed E-state index contributed by atoms with van der Waals surface area (Å²) in [6.07, 6.45) is -0.648. The number of aryl methyl sites for hydroxylation is 1. The number of nitro groups is 1. The van der Waals surface area contributed by atoms with Crippen LogP contribution < -0.4 is 4.74 Å². The highest BCUT2D eigenvalue weighted by molar-refractivity contribution is 5.51. The highest BCUT2D eigenvalue weighted by Gasteiger charge is 2.18. The summed E-state index contributed by atoms with van der Waals surface area (Å²) in [6.45, 7) is 3.25. The Bertz CT molecular complexity index is 362. The molecule has 1 aromatic carbocycles. The zero-order valence-corrected chi connectivity index (χ0v) is 8.64. The van der Waals surface area contributed by atoms with E-state index in [1.807, 2.05) is 0 Å². The van der Waals surface area contributed by atoms with Gasteiger partial charge in [-0.25, -0.2) is 0 Å². The molecule has 0 heterocycles. The number of aliphatic hydroxyl groups excluding tert-OH is 1. The van der Waals surface area contributed by atoms with E-state index in [2.05, 4.69) is 0 Å². The molecule has 0 aliphatic heterocycles. The van der Waals surface area contributed by atoms with Crippen LogP contribution in [0.4, 0.5) is 5.69 Å². The van der Waals surface area contributed by atoms with Crippen LogP contribution in [-0.4, -0.2) is 22.7 Å². The van der Waals surface area contributed by atoms with Crippen molar-refractivity contribution in [1.82, 2.24) is 0 Å². The van der Waals surface area contributed by atoms with Crippen LogP contribution in [-0.2, 0) is 0 Å². The van der Waals surface area contributed by atoms with Crippen molar-refractivity contribution in [2.75, 3.05) is 6.61 Å². The minimum atomic E-state index is -0.648. The summed E-state index contributed by atoms with van der Waals surface area (Å²) in [6, 6.07) is 4.85. The standard InChI is InChI=1S/C10H13NO4/c1-7-4-3-5-9(10(7)11(13)14)15-6-8(2)12/h3-5,8,12H,6H2,1-2H3/t8-/m0/s1. The fourth-order valence-corrected chi connectivity index (χ4v) is 1.19. The van der Waals surface area contributed by atoms with Crippen molar-refractivity contribution < 1.29 is 14.8 Å². The first-order chi connectivity index (χ1) is 7.02. The second kappa shape index (κ2) is 4.75. The number of para-hydroxylation sites is 1. The molecule has 1 N–H and O–H groups in total. The maximum absolute atomic E-state index is 10.8. The van der Waals surface area contributed by atoms with Gasteiger partial charge >= 0.3 is 5.69 Å². The van der Waals surface area contributed by atoms with Crippen LogP contribution >= 0.6 is 0 Å². The smallest absolute Gasteiger partial charge is 0.313 e. The van der Waals surface area contributed by atoms with E-state index in [1.165, 1.54) is 6.07 Å². The third-order valence-corrected chi connectivity index (χ3v) is 1.86. The van der Waals surface area contributed by atoms with Gasteiger partial charge in [0, 0.05) is 5.56 Å². The van der Waals surface area contributed by atoms with Crippen LogP contribution in [0.3, 0.4) is 0 Å². The zero-order valence-electron chi connectivity index (χ0n) is 8.64. The fourth-order valence-electron chi connectivity index (χ4n) is 1.19. The predicted octanol–water partition coefficient (Wildman–Crippen LogP) is 1.66. The number of hydrogen-bond donors (Lipinski definition) is 1. The highest BCUT2D eigenvalue weighted by atomic mass is 16.6. The van der Waals surface area contributed by atoms with Crippen molar-refractivity contribution in [2.24, 2.45) is 0 Å². The number of hydrogen-bond acceptors (Lipinski definition) is 4. The summed E-state index contributed by atoms with van der Waals surface area (Å²) >= 11 is 0. The van der Waals surface area contributed by atoms with Gasteiger partial charge in [-0.15, -0.1) is 0 Å². The monoisotopic (exact) mass is 211 g/mol. The van der Waals surface area contributed by atoms with E-state index in [0.29, 0.717) is 5.56 Å². The van der Waals surface area contributed by atoms with E-state index in [4.69, 9.17) is 9.84 Å². The highest BCUT2D eigenvalue weighted by Crippen LogP contribution is 2.30. The van der Waals surface area contributed by atoms with Crippen molar-refractivity contribution >= 4 is 5.69 Å². The molecule has 0 radical (unpaired) electrons. The molecule has 1 aromatic rings. The molecule has 0 saturated carbocycles. The molecule has 15 heavy (non-hydrogen) atoms. The minimum Gasteiger partial charge on any atom is -0.484 e. The van der Waals surface area contributed by atoms with E-state index in [1.54, 1.807) is 26.0 Å². The molecule has 0 spiro atoms. The topological polar surface area (TPSA) is 72.6 Å². The molecule has 0 bridgehead atoms. The van der Waals surface area contributed by atoms with Crippen LogP contribution in [0.15, 0.2) is 18.2 Å². The first-order valence-corrected chi connectivity index (χ1v) is 4.57. The third-order valence-electron chi connectivity index (χ3n) is 1.86. The lowest BCUT2D eigenvalue weighted by atomic mass is 10.2. The van der Waals surface area contributed by atoms with Gasteiger partial charge in [0.2, 0.25) is 0 Å². The molecule has 0 aliphatic rings. The summed E-state index contributed by atoms with van der Waals surface area (Å²) in [5.74, 6) is 0.195. The molecule has 0 fully saturated rings. The second-order valence-electron chi connectivity index (χ2n) is 3.34. The first kappa shape index (κ1) is 11.5. The van der Waals surface area contributed by atoms with Crippen molar-refractivity contribution in [3.63, 3.8) is 0 Å². The summed E-state index contributed by atoms with van der Waals surface area (Å²) in [4.78, 5) is 10.3. The maximum atomic E-state index is 10.8. The van der Waals surface area contributed by atoms with Gasteiger partial charge in [-0.3, -0.25) is 10.1 Å². The van der Waals surface area contributed by atoms with Gasteiger partial charge in [0.25, 0.3) is 0 Å². The van der Waals surface area contributed by atoms with Crippen molar-refractivity contribution in [3.05, 3.63) is 33.9 Å². The summed E-state index contributed by atoms with van der Waals surface area (Å²) < 4.78 is 5.15. The lowest BCUT2D eigenvalue weighted by Crippen LogP contribution is -2.13. The van der Waals surface area contributed by atoms with Crippen LogP contribution in [0, 0.1) is 17.0 Å². The number of ether oxygens (including phenoxy) is 1. The number of aliphatic hydroxyl groups is 1. The van der Waals surface area contributed by atoms with Gasteiger partial charge in [-0.2, -0.15) is 0 Å². The molecular weight excluding hydrogens is 198 g/mol. The van der Waals surface area contributed by atoms with Gasteiger partial charge in [-0.1, -0.05) is 12.1 Å². The quantitative estimate of drug-likeness (QED) is 0.607. The molecule has 5 nitrogen and oxygen atoms in total. The van der Waals surface area contributed by atoms with Crippen molar-refractivity contribution in [1.29, 1.82) is 0 Å². The Morgan fingerprint density at radius 1 is 1.60 bits per heavy atom. The van der Waals surface area contributed by atoms with Gasteiger partial charge in [-0.05, 0) is 19.9 Å². The Balaban J connectivity index is 2.96. The Labute approximate surface area is 87.5 Å². The summed E-state index contributed by atoms with van der Waals surface area (Å²) in [5, 5.41) is 19.8. The summed E-state index contributed by atoms with van der Waals surface area (Å²) in [5.41, 5.74) is 0.501. The molecule has 0 aromatic heterocycles. The molecule has 1 atom stereocenters. The van der Waals surface area contributed by atoms with Gasteiger partial charge < -0.3 is 9.84 Å². The molecule has 82 valence electrons. The molecular formula is C10H13NO4. The molecule has 5 heteroatoms. The van der Waals surface area contributed by atoms with Crippen molar-refractivity contribution in [3.8, 4) is 5.75 Å². The Morgan fingerprint density at radius 3 is 2.80 bits per heavy atom. The van der Waals surface area contributed by atoms with Crippen LogP contribution in [0.2, 0.25) is 0 Å². The molecule has 0 unspecified atom stereocenters. The first-order valence-electron chi connectivity index (χ1n) is 4.57. The predicted molar refractivity (Wildman–Crippen MR) is 55.0 cm³/mol. The molecule has 0 amide bonds. The molecule has 1 rings (SSSR count). The Hall–Kier alpha value is -1.62. The average molecular weight is 211 g/mol. The van der Waals surface area contributed by atoms with E-state index in [0.717, 1.165) is 0 Å². The number of nitrogens with zero attached hydrogens (tertiary/aromatic N) is 1. The van der Waals surface area contributed by atoms with E-state index in [9.17, 15) is 10.1 Å². The minimum absolute atomic E-state index is 0.0434. The second-order valence-corrected chi connectivity index (χ2v) is 3.34. The Morgan fingerprint density at radius 2 is 2.27 bits per heavy atom. The lowest BCUT2D eigenvalue weighted by Gasteiger charge is -2.09. The molecule has 0 aliphatic carbocycles. The Kier molecular flexibility index (Phi) is 3.62.